The second-order valence-electron chi connectivity index (χ2n) is 5.97. The van der Waals surface area contributed by atoms with E-state index in [0.717, 1.165) is 12.8 Å². The third kappa shape index (κ3) is 2.22. The minimum Gasteiger partial charge on any atom is -0.459 e. The van der Waals surface area contributed by atoms with Gasteiger partial charge in [-0.15, -0.1) is 0 Å². The Morgan fingerprint density at radius 2 is 2.29 bits per heavy atom. The second kappa shape index (κ2) is 5.63. The lowest BCUT2D eigenvalue weighted by atomic mass is 10.1. The normalized spacial score (nSPS) is 18.2. The Hall–Kier alpha value is -2.90. The number of hydrogen-bond acceptors (Lipinski definition) is 5. The summed E-state index contributed by atoms with van der Waals surface area (Å²) in [5, 5.41) is 0. The summed E-state index contributed by atoms with van der Waals surface area (Å²) in [6.07, 6.45) is 6.21. The molecule has 1 amide bonds. The molecule has 0 saturated carbocycles. The molecule has 0 unspecified atom stereocenters. The van der Waals surface area contributed by atoms with Crippen LogP contribution in [0.25, 0.3) is 11.2 Å². The standard InChI is InChI=1S/C16H17N5O3/c1-19-12-8-17-10-18-14(12)21(16(19)23)11-4-2-6-20(9-11)15(22)13-5-3-7-24-13/h3,5,7-8,10-11H,2,4,6,9H2,1H3/t11-/m1/s1. The number of hydrogen-bond donors (Lipinski definition) is 0. The van der Waals surface area contributed by atoms with Crippen LogP contribution in [0.4, 0.5) is 0 Å². The monoisotopic (exact) mass is 327 g/mol. The number of amides is 1. The van der Waals surface area contributed by atoms with E-state index >= 15 is 0 Å². The average Bonchev–Trinajstić information content (AvgIpc) is 3.23. The largest absolute Gasteiger partial charge is 0.459 e. The molecule has 1 aliphatic heterocycles. The summed E-state index contributed by atoms with van der Waals surface area (Å²) in [5.74, 6) is 0.177. The maximum absolute atomic E-state index is 12.6. The summed E-state index contributed by atoms with van der Waals surface area (Å²) >= 11 is 0. The topological polar surface area (TPSA) is 86.2 Å². The SMILES string of the molecule is Cn1c(=O)n([C@@H]2CCCN(C(=O)c3ccco3)C2)c2ncncc21. The van der Waals surface area contributed by atoms with E-state index in [0.29, 0.717) is 30.0 Å². The lowest BCUT2D eigenvalue weighted by Crippen LogP contribution is -2.42. The zero-order valence-corrected chi connectivity index (χ0v) is 13.3. The minimum atomic E-state index is -0.146. The Labute approximate surface area is 137 Å². The fraction of sp³-hybridized carbons (Fsp3) is 0.375. The van der Waals surface area contributed by atoms with E-state index in [4.69, 9.17) is 4.42 Å². The molecule has 8 heteroatoms. The molecule has 1 atom stereocenters. The predicted molar refractivity (Wildman–Crippen MR) is 85.7 cm³/mol. The van der Waals surface area contributed by atoms with E-state index in [-0.39, 0.29) is 17.6 Å². The van der Waals surface area contributed by atoms with Crippen molar-refractivity contribution < 1.29 is 9.21 Å². The van der Waals surface area contributed by atoms with E-state index in [1.807, 2.05) is 0 Å². The van der Waals surface area contributed by atoms with Gasteiger partial charge >= 0.3 is 5.69 Å². The highest BCUT2D eigenvalue weighted by Gasteiger charge is 2.29. The van der Waals surface area contributed by atoms with Gasteiger partial charge in [-0.1, -0.05) is 0 Å². The maximum Gasteiger partial charge on any atom is 0.330 e. The molecular formula is C16H17N5O3. The number of likely N-dealkylation sites (tertiary alicyclic amines) is 1. The molecule has 0 bridgehead atoms. The Morgan fingerprint density at radius 3 is 3.08 bits per heavy atom. The number of aromatic nitrogens is 4. The van der Waals surface area contributed by atoms with Crippen molar-refractivity contribution in [2.75, 3.05) is 13.1 Å². The summed E-state index contributed by atoms with van der Waals surface area (Å²) in [5.41, 5.74) is 1.16. The lowest BCUT2D eigenvalue weighted by Gasteiger charge is -2.32. The Morgan fingerprint density at radius 1 is 1.42 bits per heavy atom. The minimum absolute atomic E-state index is 0.108. The van der Waals surface area contributed by atoms with Crippen molar-refractivity contribution in [3.63, 3.8) is 0 Å². The van der Waals surface area contributed by atoms with Crippen LogP contribution in [0, 0.1) is 0 Å². The first-order valence-corrected chi connectivity index (χ1v) is 7.86. The van der Waals surface area contributed by atoms with Crippen LogP contribution in [-0.2, 0) is 7.05 Å². The average molecular weight is 327 g/mol. The number of imidazole rings is 1. The molecule has 24 heavy (non-hydrogen) atoms. The van der Waals surface area contributed by atoms with Crippen LogP contribution in [0.2, 0.25) is 0 Å². The third-order valence-electron chi connectivity index (χ3n) is 4.54. The molecule has 1 saturated heterocycles. The van der Waals surface area contributed by atoms with E-state index in [1.165, 1.54) is 12.6 Å². The Kier molecular flexibility index (Phi) is 3.44. The number of nitrogens with zero attached hydrogens (tertiary/aromatic N) is 5. The molecule has 0 N–H and O–H groups in total. The van der Waals surface area contributed by atoms with Crippen LogP contribution < -0.4 is 5.69 Å². The van der Waals surface area contributed by atoms with Gasteiger partial charge in [0.05, 0.1) is 18.5 Å². The van der Waals surface area contributed by atoms with E-state index in [9.17, 15) is 9.59 Å². The number of rotatable bonds is 2. The first kappa shape index (κ1) is 14.7. The molecule has 0 spiro atoms. The van der Waals surface area contributed by atoms with Gasteiger partial charge < -0.3 is 9.32 Å². The molecule has 3 aromatic heterocycles. The van der Waals surface area contributed by atoms with Gasteiger partial charge in [-0.3, -0.25) is 13.9 Å². The molecule has 0 aliphatic carbocycles. The van der Waals surface area contributed by atoms with Crippen LogP contribution in [0.5, 0.6) is 0 Å². The van der Waals surface area contributed by atoms with Crippen molar-refractivity contribution in [1.29, 1.82) is 0 Å². The first-order chi connectivity index (χ1) is 11.7. The second-order valence-corrected chi connectivity index (χ2v) is 5.97. The van der Waals surface area contributed by atoms with Gasteiger partial charge in [0.15, 0.2) is 11.4 Å². The fourth-order valence-corrected chi connectivity index (χ4v) is 3.33. The molecular weight excluding hydrogens is 310 g/mol. The zero-order chi connectivity index (χ0) is 16.7. The summed E-state index contributed by atoms with van der Waals surface area (Å²) < 4.78 is 8.43. The lowest BCUT2D eigenvalue weighted by molar-refractivity contribution is 0.0647. The summed E-state index contributed by atoms with van der Waals surface area (Å²) in [7, 11) is 1.71. The van der Waals surface area contributed by atoms with E-state index in [1.54, 1.807) is 39.4 Å². The van der Waals surface area contributed by atoms with Crippen molar-refractivity contribution >= 4 is 17.1 Å². The number of piperidine rings is 1. The summed E-state index contributed by atoms with van der Waals surface area (Å²) in [4.78, 5) is 35.1. The van der Waals surface area contributed by atoms with Crippen molar-refractivity contribution in [3.8, 4) is 0 Å². The maximum atomic E-state index is 12.6. The molecule has 1 fully saturated rings. The van der Waals surface area contributed by atoms with Crippen molar-refractivity contribution in [2.24, 2.45) is 7.05 Å². The number of furan rings is 1. The van der Waals surface area contributed by atoms with Crippen LogP contribution in [0.3, 0.4) is 0 Å². The number of aryl methyl sites for hydroxylation is 1. The van der Waals surface area contributed by atoms with Crippen molar-refractivity contribution in [2.45, 2.75) is 18.9 Å². The highest BCUT2D eigenvalue weighted by atomic mass is 16.3. The molecule has 0 radical (unpaired) electrons. The molecule has 3 aromatic rings. The van der Waals surface area contributed by atoms with Crippen LogP contribution in [0.15, 0.2) is 40.1 Å². The van der Waals surface area contributed by atoms with Gasteiger partial charge in [0.2, 0.25) is 0 Å². The van der Waals surface area contributed by atoms with Gasteiger partial charge in [-0.25, -0.2) is 14.8 Å². The van der Waals surface area contributed by atoms with E-state index in [2.05, 4.69) is 9.97 Å². The van der Waals surface area contributed by atoms with Gasteiger partial charge in [0, 0.05) is 20.1 Å². The van der Waals surface area contributed by atoms with Crippen molar-refractivity contribution in [3.05, 3.63) is 47.2 Å². The number of carbonyl (C=O) groups excluding carboxylic acids is 1. The number of carbonyl (C=O) groups is 1. The Bertz CT molecular complexity index is 940. The van der Waals surface area contributed by atoms with Crippen molar-refractivity contribution in [1.82, 2.24) is 24.0 Å². The Balaban J connectivity index is 1.69. The van der Waals surface area contributed by atoms with Gasteiger partial charge in [0.25, 0.3) is 5.91 Å². The molecule has 8 nitrogen and oxygen atoms in total. The molecule has 1 aliphatic rings. The highest BCUT2D eigenvalue weighted by molar-refractivity contribution is 5.91. The molecule has 4 heterocycles. The first-order valence-electron chi connectivity index (χ1n) is 7.86. The van der Waals surface area contributed by atoms with Crippen LogP contribution in [0.1, 0.15) is 29.4 Å². The smallest absolute Gasteiger partial charge is 0.330 e. The summed E-state index contributed by atoms with van der Waals surface area (Å²) in [6.45, 7) is 1.12. The van der Waals surface area contributed by atoms with Crippen LogP contribution in [-0.4, -0.2) is 43.0 Å². The summed E-state index contributed by atoms with van der Waals surface area (Å²) in [6, 6.07) is 3.24. The van der Waals surface area contributed by atoms with Crippen LogP contribution >= 0.6 is 0 Å². The van der Waals surface area contributed by atoms with E-state index < -0.39 is 0 Å². The van der Waals surface area contributed by atoms with Gasteiger partial charge in [-0.2, -0.15) is 0 Å². The number of fused-ring (bicyclic) bond motifs is 1. The molecule has 4 rings (SSSR count). The predicted octanol–water partition coefficient (Wildman–Crippen LogP) is 1.20. The molecule has 0 aromatic carbocycles. The van der Waals surface area contributed by atoms with Gasteiger partial charge in [0.1, 0.15) is 11.8 Å². The quantitative estimate of drug-likeness (QED) is 0.706. The third-order valence-corrected chi connectivity index (χ3v) is 4.54. The van der Waals surface area contributed by atoms with Gasteiger partial charge in [-0.05, 0) is 25.0 Å². The zero-order valence-electron chi connectivity index (χ0n) is 13.3. The molecule has 124 valence electrons. The fourth-order valence-electron chi connectivity index (χ4n) is 3.33. The highest BCUT2D eigenvalue weighted by Crippen LogP contribution is 2.24.